The van der Waals surface area contributed by atoms with Crippen LogP contribution in [0.3, 0.4) is 0 Å². The quantitative estimate of drug-likeness (QED) is 0.686. The predicted octanol–water partition coefficient (Wildman–Crippen LogP) is 0.297. The van der Waals surface area contributed by atoms with Crippen LogP contribution < -0.4 is 5.32 Å². The number of rotatable bonds is 7. The molecule has 0 spiro atoms. The summed E-state index contributed by atoms with van der Waals surface area (Å²) in [6, 6.07) is 3.69. The Hall–Kier alpha value is -1.11. The van der Waals surface area contributed by atoms with Gasteiger partial charge in [-0.25, -0.2) is 0 Å². The molecule has 0 saturated heterocycles. The van der Waals surface area contributed by atoms with Crippen LogP contribution >= 0.6 is 11.8 Å². The predicted molar refractivity (Wildman–Crippen MR) is 65.9 cm³/mol. The number of carbonyl (C=O) groups excluding carboxylic acids is 1. The van der Waals surface area contributed by atoms with Crippen molar-refractivity contribution < 1.29 is 14.6 Å². The van der Waals surface area contributed by atoms with Crippen molar-refractivity contribution in [2.45, 2.75) is 11.0 Å². The number of aliphatic hydroxyl groups is 1. The molecule has 0 aliphatic rings. The summed E-state index contributed by atoms with van der Waals surface area (Å²) in [5.74, 6) is 0.214. The highest BCUT2D eigenvalue weighted by molar-refractivity contribution is 8.00. The van der Waals surface area contributed by atoms with Gasteiger partial charge in [-0.3, -0.25) is 9.78 Å². The van der Waals surface area contributed by atoms with E-state index in [1.54, 1.807) is 12.4 Å². The second-order valence-electron chi connectivity index (χ2n) is 3.38. The fourth-order valence-electron chi connectivity index (χ4n) is 1.12. The van der Waals surface area contributed by atoms with E-state index in [1.165, 1.54) is 18.9 Å². The molecule has 1 amide bonds. The zero-order chi connectivity index (χ0) is 12.5. The van der Waals surface area contributed by atoms with Gasteiger partial charge in [0, 0.05) is 30.9 Å². The largest absolute Gasteiger partial charge is 0.389 e. The topological polar surface area (TPSA) is 71.5 Å². The summed E-state index contributed by atoms with van der Waals surface area (Å²) in [4.78, 5) is 16.3. The molecule has 1 heterocycles. The number of nitrogens with zero attached hydrogens (tertiary/aromatic N) is 1. The molecule has 1 aromatic heterocycles. The molecule has 94 valence electrons. The third-order valence-electron chi connectivity index (χ3n) is 1.91. The van der Waals surface area contributed by atoms with Crippen molar-refractivity contribution in [3.63, 3.8) is 0 Å². The Kier molecular flexibility index (Phi) is 6.61. The van der Waals surface area contributed by atoms with Crippen molar-refractivity contribution in [2.24, 2.45) is 0 Å². The highest BCUT2D eigenvalue weighted by atomic mass is 32.2. The number of pyridine rings is 1. The fraction of sp³-hybridized carbons (Fsp3) is 0.455. The third-order valence-corrected chi connectivity index (χ3v) is 2.93. The van der Waals surface area contributed by atoms with Crippen LogP contribution in [0.25, 0.3) is 0 Å². The average molecular weight is 256 g/mol. The maximum atomic E-state index is 11.4. The first-order chi connectivity index (χ1) is 8.22. The molecule has 1 aromatic rings. The zero-order valence-corrected chi connectivity index (χ0v) is 10.4. The number of methoxy groups -OCH3 is 1. The molecule has 0 radical (unpaired) electrons. The van der Waals surface area contributed by atoms with E-state index in [1.807, 2.05) is 12.1 Å². The number of ether oxygens (including phenoxy) is 1. The molecule has 0 saturated carbocycles. The second kappa shape index (κ2) is 8.05. The number of nitrogens with one attached hydrogen (secondary N) is 1. The van der Waals surface area contributed by atoms with E-state index in [-0.39, 0.29) is 19.1 Å². The first-order valence-electron chi connectivity index (χ1n) is 5.19. The summed E-state index contributed by atoms with van der Waals surface area (Å²) < 4.78 is 4.75. The van der Waals surface area contributed by atoms with E-state index < -0.39 is 6.10 Å². The minimum atomic E-state index is -0.658. The second-order valence-corrected chi connectivity index (χ2v) is 4.43. The van der Waals surface area contributed by atoms with E-state index in [0.29, 0.717) is 5.75 Å². The maximum absolute atomic E-state index is 11.4. The van der Waals surface area contributed by atoms with Gasteiger partial charge in [0.2, 0.25) is 5.91 Å². The minimum absolute atomic E-state index is 0.109. The Bertz CT molecular complexity index is 335. The Labute approximate surface area is 105 Å². The van der Waals surface area contributed by atoms with Crippen molar-refractivity contribution in [1.29, 1.82) is 0 Å². The zero-order valence-electron chi connectivity index (χ0n) is 9.63. The fourth-order valence-corrected chi connectivity index (χ4v) is 1.83. The summed E-state index contributed by atoms with van der Waals surface area (Å²) >= 11 is 1.43. The van der Waals surface area contributed by atoms with Gasteiger partial charge in [0.25, 0.3) is 0 Å². The van der Waals surface area contributed by atoms with E-state index in [2.05, 4.69) is 10.3 Å². The summed E-state index contributed by atoms with van der Waals surface area (Å²) in [6.07, 6.45) is 2.71. The number of aromatic nitrogens is 1. The molecular weight excluding hydrogens is 240 g/mol. The number of hydrogen-bond donors (Lipinski definition) is 2. The van der Waals surface area contributed by atoms with Crippen molar-refractivity contribution in [1.82, 2.24) is 10.3 Å². The van der Waals surface area contributed by atoms with Gasteiger partial charge in [-0.15, -0.1) is 11.8 Å². The summed E-state index contributed by atoms with van der Waals surface area (Å²) in [7, 11) is 1.50. The van der Waals surface area contributed by atoms with Gasteiger partial charge in [0.15, 0.2) is 0 Å². The van der Waals surface area contributed by atoms with Crippen molar-refractivity contribution in [3.05, 3.63) is 24.5 Å². The molecule has 1 rings (SSSR count). The summed E-state index contributed by atoms with van der Waals surface area (Å²) in [5, 5.41) is 12.0. The first kappa shape index (κ1) is 14.0. The van der Waals surface area contributed by atoms with Crippen LogP contribution in [0.1, 0.15) is 0 Å². The highest BCUT2D eigenvalue weighted by Gasteiger charge is 2.06. The monoisotopic (exact) mass is 256 g/mol. The highest BCUT2D eigenvalue weighted by Crippen LogP contribution is 2.15. The molecule has 0 bridgehead atoms. The van der Waals surface area contributed by atoms with Gasteiger partial charge in [0.1, 0.15) is 0 Å². The van der Waals surface area contributed by atoms with Crippen LogP contribution in [-0.4, -0.2) is 48.1 Å². The lowest BCUT2D eigenvalue weighted by Gasteiger charge is -2.10. The lowest BCUT2D eigenvalue weighted by Crippen LogP contribution is -2.35. The normalized spacial score (nSPS) is 12.1. The summed E-state index contributed by atoms with van der Waals surface area (Å²) in [5.41, 5.74) is 0. The smallest absolute Gasteiger partial charge is 0.230 e. The number of carbonyl (C=O) groups is 1. The van der Waals surface area contributed by atoms with Gasteiger partial charge >= 0.3 is 0 Å². The van der Waals surface area contributed by atoms with E-state index in [0.717, 1.165) is 4.90 Å². The third kappa shape index (κ3) is 6.25. The molecular formula is C11H16N2O3S. The number of amides is 1. The van der Waals surface area contributed by atoms with Crippen LogP contribution in [0.5, 0.6) is 0 Å². The maximum Gasteiger partial charge on any atom is 0.230 e. The standard InChI is InChI=1S/C11H16N2O3S/c1-16-7-9(14)6-13-11(15)8-17-10-2-4-12-5-3-10/h2-5,9,14H,6-8H2,1H3,(H,13,15). The van der Waals surface area contributed by atoms with Gasteiger partial charge in [-0.2, -0.15) is 0 Å². The van der Waals surface area contributed by atoms with Crippen LogP contribution in [0.2, 0.25) is 0 Å². The molecule has 0 aromatic carbocycles. The van der Waals surface area contributed by atoms with Gasteiger partial charge in [-0.05, 0) is 12.1 Å². The Morgan fingerprint density at radius 1 is 1.59 bits per heavy atom. The minimum Gasteiger partial charge on any atom is -0.389 e. The molecule has 1 unspecified atom stereocenters. The van der Waals surface area contributed by atoms with Crippen LogP contribution in [0, 0.1) is 0 Å². The van der Waals surface area contributed by atoms with Crippen LogP contribution in [0.4, 0.5) is 0 Å². The lowest BCUT2D eigenvalue weighted by molar-refractivity contribution is -0.119. The van der Waals surface area contributed by atoms with E-state index >= 15 is 0 Å². The van der Waals surface area contributed by atoms with E-state index in [4.69, 9.17) is 4.74 Å². The average Bonchev–Trinajstić information content (AvgIpc) is 2.35. The summed E-state index contributed by atoms with van der Waals surface area (Å²) in [6.45, 7) is 0.432. The molecule has 0 aliphatic carbocycles. The number of thioether (sulfide) groups is 1. The Balaban J connectivity index is 2.17. The first-order valence-corrected chi connectivity index (χ1v) is 6.17. The molecule has 5 nitrogen and oxygen atoms in total. The van der Waals surface area contributed by atoms with Gasteiger partial charge < -0.3 is 15.2 Å². The van der Waals surface area contributed by atoms with Crippen molar-refractivity contribution in [3.8, 4) is 0 Å². The molecule has 0 fully saturated rings. The SMILES string of the molecule is COCC(O)CNC(=O)CSc1ccncc1. The van der Waals surface area contributed by atoms with Crippen molar-refractivity contribution >= 4 is 17.7 Å². The molecule has 17 heavy (non-hydrogen) atoms. The lowest BCUT2D eigenvalue weighted by atomic mass is 10.4. The van der Waals surface area contributed by atoms with E-state index in [9.17, 15) is 9.90 Å². The molecule has 2 N–H and O–H groups in total. The van der Waals surface area contributed by atoms with Crippen LogP contribution in [-0.2, 0) is 9.53 Å². The van der Waals surface area contributed by atoms with Crippen LogP contribution in [0.15, 0.2) is 29.4 Å². The molecule has 6 heteroatoms. The molecule has 1 atom stereocenters. The Morgan fingerprint density at radius 2 is 2.29 bits per heavy atom. The van der Waals surface area contributed by atoms with Crippen molar-refractivity contribution in [2.75, 3.05) is 26.0 Å². The number of aliphatic hydroxyl groups excluding tert-OH is 1. The Morgan fingerprint density at radius 3 is 2.94 bits per heavy atom. The molecule has 0 aliphatic heterocycles. The number of hydrogen-bond acceptors (Lipinski definition) is 5. The van der Waals surface area contributed by atoms with Gasteiger partial charge in [0.05, 0.1) is 18.5 Å². The van der Waals surface area contributed by atoms with Gasteiger partial charge in [-0.1, -0.05) is 0 Å².